The van der Waals surface area contributed by atoms with Crippen LogP contribution in [0.5, 0.6) is 0 Å². The molecule has 0 saturated carbocycles. The summed E-state index contributed by atoms with van der Waals surface area (Å²) in [5, 5.41) is 16.4. The van der Waals surface area contributed by atoms with Crippen molar-refractivity contribution < 1.29 is 14.5 Å². The Hall–Kier alpha value is -3.19. The van der Waals surface area contributed by atoms with E-state index in [0.29, 0.717) is 0 Å². The number of fused-ring (bicyclic) bond motifs is 1. The van der Waals surface area contributed by atoms with Gasteiger partial charge in [0.25, 0.3) is 0 Å². The molecule has 1 fully saturated rings. The first-order valence-electron chi connectivity index (χ1n) is 9.68. The fraction of sp³-hybridized carbons (Fsp3) is 0.318. The lowest BCUT2D eigenvalue weighted by atomic mass is 9.85. The van der Waals surface area contributed by atoms with Gasteiger partial charge in [0.05, 0.1) is 12.5 Å². The highest BCUT2D eigenvalue weighted by molar-refractivity contribution is 5.87. The molecule has 1 aliphatic rings. The number of nitro groups is 1. The average Bonchev–Trinajstić information content (AvgIpc) is 3.28. The van der Waals surface area contributed by atoms with E-state index in [0.717, 1.165) is 22.0 Å². The molecule has 1 aromatic heterocycles. The smallest absolute Gasteiger partial charge is 0.324 e. The van der Waals surface area contributed by atoms with Crippen molar-refractivity contribution in [2.75, 3.05) is 6.61 Å². The molecule has 0 radical (unpaired) electrons. The highest BCUT2D eigenvalue weighted by Gasteiger charge is 2.55. The van der Waals surface area contributed by atoms with Crippen LogP contribution in [0.4, 0.5) is 0 Å². The summed E-state index contributed by atoms with van der Waals surface area (Å²) in [5.41, 5.74) is 2.54. The first kappa shape index (κ1) is 19.1. The van der Waals surface area contributed by atoms with Crippen LogP contribution in [0, 0.1) is 10.1 Å². The lowest BCUT2D eigenvalue weighted by Gasteiger charge is -2.19. The molecule has 4 rings (SSSR count). The van der Waals surface area contributed by atoms with E-state index in [4.69, 9.17) is 4.74 Å². The number of carbonyl (C=O) groups excluding carboxylic acids is 1. The number of hydrogen-bond donors (Lipinski definition) is 1. The Labute approximate surface area is 168 Å². The van der Waals surface area contributed by atoms with Crippen LogP contribution >= 0.6 is 0 Å². The third-order valence-electron chi connectivity index (χ3n) is 5.66. The molecule has 0 bridgehead atoms. The number of esters is 1. The standard InChI is InChI=1S/C22H23N3O4/c1-3-29-22(26)20-18(16-13-24(2)17-12-8-7-11-15(16)17)21(25(27)28)19(23-20)14-9-5-4-6-10-14/h4-13,18-21,23H,3H2,1-2H3/t18-,19+,20+,21+/m1/s1. The van der Waals surface area contributed by atoms with E-state index in [1.54, 1.807) is 6.92 Å². The molecule has 2 aromatic carbocycles. The maximum absolute atomic E-state index is 12.8. The zero-order valence-corrected chi connectivity index (χ0v) is 16.3. The molecule has 0 spiro atoms. The van der Waals surface area contributed by atoms with Crippen LogP contribution in [0.2, 0.25) is 0 Å². The fourth-order valence-electron chi connectivity index (χ4n) is 4.46. The molecular formula is C22H23N3O4. The second kappa shape index (κ2) is 7.67. The lowest BCUT2D eigenvalue weighted by Crippen LogP contribution is -2.37. The Morgan fingerprint density at radius 2 is 1.86 bits per heavy atom. The summed E-state index contributed by atoms with van der Waals surface area (Å²) in [5.74, 6) is -1.11. The van der Waals surface area contributed by atoms with Gasteiger partial charge in [-0.3, -0.25) is 20.2 Å². The molecule has 7 heteroatoms. The Kier molecular flexibility index (Phi) is 5.07. The molecule has 4 atom stereocenters. The number of aryl methyl sites for hydroxylation is 1. The molecule has 1 saturated heterocycles. The monoisotopic (exact) mass is 393 g/mol. The van der Waals surface area contributed by atoms with E-state index in [-0.39, 0.29) is 11.5 Å². The SMILES string of the molecule is CCOC(=O)[C@H]1N[C@@H](c2ccccc2)[C@@H]([N+](=O)[O-])[C@@H]1c1cn(C)c2ccccc12. The normalized spacial score (nSPS) is 23.9. The van der Waals surface area contributed by atoms with Gasteiger partial charge in [-0.25, -0.2) is 0 Å². The van der Waals surface area contributed by atoms with Crippen LogP contribution in [0.25, 0.3) is 10.9 Å². The van der Waals surface area contributed by atoms with Gasteiger partial charge in [-0.15, -0.1) is 0 Å². The first-order chi connectivity index (χ1) is 14.0. The number of ether oxygens (including phenoxy) is 1. The van der Waals surface area contributed by atoms with Gasteiger partial charge >= 0.3 is 5.97 Å². The number of nitrogens with zero attached hydrogens (tertiary/aromatic N) is 2. The minimum absolute atomic E-state index is 0.221. The van der Waals surface area contributed by atoms with Crippen molar-refractivity contribution in [1.82, 2.24) is 9.88 Å². The number of hydrogen-bond acceptors (Lipinski definition) is 5. The second-order valence-electron chi connectivity index (χ2n) is 7.30. The van der Waals surface area contributed by atoms with Gasteiger partial charge in [-0.05, 0) is 24.1 Å². The summed E-state index contributed by atoms with van der Waals surface area (Å²) < 4.78 is 7.22. The molecule has 3 aromatic rings. The van der Waals surface area contributed by atoms with Crippen LogP contribution < -0.4 is 5.32 Å². The largest absolute Gasteiger partial charge is 0.465 e. The predicted octanol–water partition coefficient (Wildman–Crippen LogP) is 3.18. The van der Waals surface area contributed by atoms with Gasteiger partial charge in [-0.2, -0.15) is 0 Å². The Morgan fingerprint density at radius 3 is 2.55 bits per heavy atom. The van der Waals surface area contributed by atoms with E-state index in [1.807, 2.05) is 72.4 Å². The summed E-state index contributed by atoms with van der Waals surface area (Å²) in [6.45, 7) is 1.96. The summed E-state index contributed by atoms with van der Waals surface area (Å²) in [6, 6.07) is 14.6. The van der Waals surface area contributed by atoms with Crippen molar-refractivity contribution in [3.8, 4) is 0 Å². The summed E-state index contributed by atoms with van der Waals surface area (Å²) >= 11 is 0. The molecule has 0 amide bonds. The van der Waals surface area contributed by atoms with Gasteiger partial charge < -0.3 is 9.30 Å². The molecule has 1 aliphatic heterocycles. The molecule has 0 unspecified atom stereocenters. The minimum atomic E-state index is -1.00. The number of aromatic nitrogens is 1. The van der Waals surface area contributed by atoms with Crippen LogP contribution in [0.3, 0.4) is 0 Å². The van der Waals surface area contributed by atoms with Gasteiger partial charge in [-0.1, -0.05) is 48.5 Å². The average molecular weight is 393 g/mol. The number of benzene rings is 2. The third kappa shape index (κ3) is 3.27. The van der Waals surface area contributed by atoms with Crippen molar-refractivity contribution in [2.45, 2.75) is 31.0 Å². The van der Waals surface area contributed by atoms with E-state index >= 15 is 0 Å². The maximum atomic E-state index is 12.8. The summed E-state index contributed by atoms with van der Waals surface area (Å²) in [7, 11) is 1.91. The Balaban J connectivity index is 1.88. The number of rotatable bonds is 5. The number of para-hydroxylation sites is 1. The first-order valence-corrected chi connectivity index (χ1v) is 9.68. The second-order valence-corrected chi connectivity index (χ2v) is 7.30. The summed E-state index contributed by atoms with van der Waals surface area (Å²) in [6.07, 6.45) is 1.90. The van der Waals surface area contributed by atoms with Crippen molar-refractivity contribution in [3.63, 3.8) is 0 Å². The van der Waals surface area contributed by atoms with E-state index in [2.05, 4.69) is 5.32 Å². The molecule has 7 nitrogen and oxygen atoms in total. The van der Waals surface area contributed by atoms with Crippen molar-refractivity contribution >= 4 is 16.9 Å². The number of nitrogens with one attached hydrogen (secondary N) is 1. The van der Waals surface area contributed by atoms with Gasteiger partial charge in [0, 0.05) is 29.1 Å². The molecule has 150 valence electrons. The zero-order valence-electron chi connectivity index (χ0n) is 16.3. The quantitative estimate of drug-likeness (QED) is 0.409. The van der Waals surface area contributed by atoms with Gasteiger partial charge in [0.2, 0.25) is 6.04 Å². The fourth-order valence-corrected chi connectivity index (χ4v) is 4.46. The molecule has 0 aliphatic carbocycles. The van der Waals surface area contributed by atoms with Crippen molar-refractivity contribution in [3.05, 3.63) is 82.0 Å². The number of carbonyl (C=O) groups is 1. The van der Waals surface area contributed by atoms with Crippen LogP contribution in [-0.4, -0.2) is 34.2 Å². The highest BCUT2D eigenvalue weighted by Crippen LogP contribution is 2.43. The van der Waals surface area contributed by atoms with Crippen LogP contribution in [0.15, 0.2) is 60.8 Å². The summed E-state index contributed by atoms with van der Waals surface area (Å²) in [4.78, 5) is 24.8. The van der Waals surface area contributed by atoms with Crippen molar-refractivity contribution in [1.29, 1.82) is 0 Å². The molecule has 1 N–H and O–H groups in total. The minimum Gasteiger partial charge on any atom is -0.465 e. The van der Waals surface area contributed by atoms with Crippen LogP contribution in [-0.2, 0) is 16.6 Å². The highest BCUT2D eigenvalue weighted by atomic mass is 16.6. The van der Waals surface area contributed by atoms with E-state index in [9.17, 15) is 14.9 Å². The molecular weight excluding hydrogens is 370 g/mol. The topological polar surface area (TPSA) is 86.4 Å². The van der Waals surface area contributed by atoms with Gasteiger partial charge in [0.1, 0.15) is 12.1 Å². The van der Waals surface area contributed by atoms with E-state index < -0.39 is 30.0 Å². The Bertz CT molecular complexity index is 1050. The predicted molar refractivity (Wildman–Crippen MR) is 109 cm³/mol. The third-order valence-corrected chi connectivity index (χ3v) is 5.66. The van der Waals surface area contributed by atoms with Gasteiger partial charge in [0.15, 0.2) is 0 Å². The maximum Gasteiger partial charge on any atom is 0.324 e. The molecule has 2 heterocycles. The Morgan fingerprint density at radius 1 is 1.17 bits per heavy atom. The molecule has 29 heavy (non-hydrogen) atoms. The van der Waals surface area contributed by atoms with E-state index in [1.165, 1.54) is 0 Å². The zero-order chi connectivity index (χ0) is 20.5. The van der Waals surface area contributed by atoms with Crippen LogP contribution in [0.1, 0.15) is 30.0 Å². The lowest BCUT2D eigenvalue weighted by molar-refractivity contribution is -0.527. The van der Waals surface area contributed by atoms with Crippen molar-refractivity contribution in [2.24, 2.45) is 7.05 Å².